The zero-order valence-corrected chi connectivity index (χ0v) is 11.6. The van der Waals surface area contributed by atoms with Gasteiger partial charge in [0.05, 0.1) is 6.04 Å². The first kappa shape index (κ1) is 13.0. The summed E-state index contributed by atoms with van der Waals surface area (Å²) in [5.41, 5.74) is 7.56. The first-order chi connectivity index (χ1) is 8.22. The summed E-state index contributed by atoms with van der Waals surface area (Å²) >= 11 is 1.76. The Morgan fingerprint density at radius 1 is 1.35 bits per heavy atom. The Balaban J connectivity index is 2.03. The van der Waals surface area contributed by atoms with Crippen molar-refractivity contribution in [3.8, 4) is 0 Å². The molecule has 17 heavy (non-hydrogen) atoms. The van der Waals surface area contributed by atoms with Crippen molar-refractivity contribution in [1.29, 1.82) is 0 Å². The van der Waals surface area contributed by atoms with Gasteiger partial charge in [0, 0.05) is 32.2 Å². The number of hydrogen-bond acceptors (Lipinski definition) is 4. The highest BCUT2D eigenvalue weighted by Gasteiger charge is 2.27. The maximum Gasteiger partial charge on any atom is 0.0505 e. The fraction of sp³-hybridized carbons (Fsp3) is 0.692. The second-order valence-corrected chi connectivity index (χ2v) is 5.61. The average molecular weight is 253 g/mol. The molecule has 96 valence electrons. The quantitative estimate of drug-likeness (QED) is 0.888. The van der Waals surface area contributed by atoms with Crippen LogP contribution < -0.4 is 5.73 Å². The standard InChI is InChI=1S/C13H23N3S/c1-3-15-5-7-16(8-6-15)13(11(2)14)12-4-9-17-10-12/h4,9-11,13H,3,5-8,14H2,1-2H3. The molecule has 2 unspecified atom stereocenters. The van der Waals surface area contributed by atoms with Crippen LogP contribution in [0.3, 0.4) is 0 Å². The summed E-state index contributed by atoms with van der Waals surface area (Å²) in [4.78, 5) is 5.04. The predicted molar refractivity (Wildman–Crippen MR) is 74.4 cm³/mol. The summed E-state index contributed by atoms with van der Waals surface area (Å²) in [5.74, 6) is 0. The second-order valence-electron chi connectivity index (χ2n) is 4.83. The topological polar surface area (TPSA) is 32.5 Å². The van der Waals surface area contributed by atoms with E-state index in [1.807, 2.05) is 0 Å². The SMILES string of the molecule is CCN1CCN(C(c2ccsc2)C(C)N)CC1. The maximum atomic E-state index is 6.18. The van der Waals surface area contributed by atoms with E-state index in [1.54, 1.807) is 11.3 Å². The van der Waals surface area contributed by atoms with Crippen LogP contribution in [0.2, 0.25) is 0 Å². The van der Waals surface area contributed by atoms with Crippen molar-refractivity contribution >= 4 is 11.3 Å². The van der Waals surface area contributed by atoms with Crippen LogP contribution in [-0.4, -0.2) is 48.6 Å². The molecular formula is C13H23N3S. The highest BCUT2D eigenvalue weighted by molar-refractivity contribution is 7.07. The lowest BCUT2D eigenvalue weighted by Gasteiger charge is -2.40. The minimum absolute atomic E-state index is 0.192. The summed E-state index contributed by atoms with van der Waals surface area (Å²) in [6.45, 7) is 10.1. The molecule has 1 saturated heterocycles. The highest BCUT2D eigenvalue weighted by Crippen LogP contribution is 2.26. The van der Waals surface area contributed by atoms with Gasteiger partial charge in [-0.3, -0.25) is 4.90 Å². The van der Waals surface area contributed by atoms with E-state index >= 15 is 0 Å². The van der Waals surface area contributed by atoms with Gasteiger partial charge in [-0.25, -0.2) is 0 Å². The average Bonchev–Trinajstić information content (AvgIpc) is 2.83. The molecule has 0 amide bonds. The number of thiophene rings is 1. The van der Waals surface area contributed by atoms with Gasteiger partial charge in [-0.05, 0) is 35.9 Å². The lowest BCUT2D eigenvalue weighted by atomic mass is 10.0. The molecule has 2 heterocycles. The molecule has 0 bridgehead atoms. The molecule has 1 aromatic rings. The number of nitrogens with zero attached hydrogens (tertiary/aromatic N) is 2. The molecule has 1 aliphatic rings. The van der Waals surface area contributed by atoms with Crippen molar-refractivity contribution < 1.29 is 0 Å². The fourth-order valence-electron chi connectivity index (χ4n) is 2.65. The Bertz CT molecular complexity index is 315. The van der Waals surface area contributed by atoms with Crippen LogP contribution in [0.5, 0.6) is 0 Å². The molecule has 1 fully saturated rings. The van der Waals surface area contributed by atoms with E-state index in [0.29, 0.717) is 6.04 Å². The van der Waals surface area contributed by atoms with Gasteiger partial charge in [-0.2, -0.15) is 11.3 Å². The van der Waals surface area contributed by atoms with Crippen molar-refractivity contribution in [1.82, 2.24) is 9.80 Å². The third-order valence-corrected chi connectivity index (χ3v) is 4.33. The van der Waals surface area contributed by atoms with Crippen LogP contribution in [0.1, 0.15) is 25.5 Å². The first-order valence-corrected chi connectivity index (χ1v) is 7.40. The van der Waals surface area contributed by atoms with Crippen LogP contribution in [0.15, 0.2) is 16.8 Å². The largest absolute Gasteiger partial charge is 0.326 e. The summed E-state index contributed by atoms with van der Waals surface area (Å²) in [7, 11) is 0. The summed E-state index contributed by atoms with van der Waals surface area (Å²) < 4.78 is 0. The van der Waals surface area contributed by atoms with Gasteiger partial charge in [0.1, 0.15) is 0 Å². The molecule has 0 radical (unpaired) electrons. The van der Waals surface area contributed by atoms with Crippen LogP contribution in [0, 0.1) is 0 Å². The number of nitrogens with two attached hydrogens (primary N) is 1. The van der Waals surface area contributed by atoms with E-state index in [4.69, 9.17) is 5.73 Å². The predicted octanol–water partition coefficient (Wildman–Crippen LogP) is 1.77. The molecule has 1 aromatic heterocycles. The molecule has 3 nitrogen and oxygen atoms in total. The lowest BCUT2D eigenvalue weighted by molar-refractivity contribution is 0.0900. The van der Waals surface area contributed by atoms with E-state index < -0.39 is 0 Å². The van der Waals surface area contributed by atoms with Crippen molar-refractivity contribution in [3.63, 3.8) is 0 Å². The number of piperazine rings is 1. The van der Waals surface area contributed by atoms with Crippen molar-refractivity contribution in [2.75, 3.05) is 32.7 Å². The Hall–Kier alpha value is -0.420. The summed E-state index contributed by atoms with van der Waals surface area (Å²) in [6, 6.07) is 2.79. The molecular weight excluding hydrogens is 230 g/mol. The number of hydrogen-bond donors (Lipinski definition) is 1. The van der Waals surface area contributed by atoms with Crippen LogP contribution in [0.25, 0.3) is 0 Å². The molecule has 4 heteroatoms. The third-order valence-electron chi connectivity index (χ3n) is 3.63. The molecule has 0 saturated carbocycles. The van der Waals surface area contributed by atoms with Crippen molar-refractivity contribution in [3.05, 3.63) is 22.4 Å². The minimum Gasteiger partial charge on any atom is -0.326 e. The van der Waals surface area contributed by atoms with Gasteiger partial charge in [-0.1, -0.05) is 6.92 Å². The Morgan fingerprint density at radius 3 is 2.53 bits per heavy atom. The van der Waals surface area contributed by atoms with Crippen molar-refractivity contribution in [2.24, 2.45) is 5.73 Å². The van der Waals surface area contributed by atoms with E-state index in [-0.39, 0.29) is 6.04 Å². The smallest absolute Gasteiger partial charge is 0.0505 e. The maximum absolute atomic E-state index is 6.18. The molecule has 2 N–H and O–H groups in total. The Kier molecular flexibility index (Phi) is 4.56. The van der Waals surface area contributed by atoms with Crippen LogP contribution >= 0.6 is 11.3 Å². The minimum atomic E-state index is 0.192. The summed E-state index contributed by atoms with van der Waals surface area (Å²) in [6.07, 6.45) is 0. The van der Waals surface area contributed by atoms with Gasteiger partial charge < -0.3 is 10.6 Å². The molecule has 0 aliphatic carbocycles. The monoisotopic (exact) mass is 253 g/mol. The molecule has 1 aliphatic heterocycles. The zero-order valence-electron chi connectivity index (χ0n) is 10.8. The van der Waals surface area contributed by atoms with Gasteiger partial charge in [0.15, 0.2) is 0 Å². The van der Waals surface area contributed by atoms with E-state index in [9.17, 15) is 0 Å². The Labute approximate surface area is 108 Å². The summed E-state index contributed by atoms with van der Waals surface area (Å²) in [5, 5.41) is 4.38. The molecule has 2 rings (SSSR count). The fourth-order valence-corrected chi connectivity index (χ4v) is 3.34. The van der Waals surface area contributed by atoms with E-state index in [2.05, 4.69) is 40.5 Å². The zero-order chi connectivity index (χ0) is 12.3. The van der Waals surface area contributed by atoms with Gasteiger partial charge >= 0.3 is 0 Å². The number of likely N-dealkylation sites (N-methyl/N-ethyl adjacent to an activating group) is 1. The molecule has 0 aromatic carbocycles. The van der Waals surface area contributed by atoms with Crippen molar-refractivity contribution in [2.45, 2.75) is 25.9 Å². The Morgan fingerprint density at radius 2 is 2.06 bits per heavy atom. The third kappa shape index (κ3) is 3.07. The molecule has 0 spiro atoms. The van der Waals surface area contributed by atoms with Crippen LogP contribution in [-0.2, 0) is 0 Å². The van der Waals surface area contributed by atoms with Crippen LogP contribution in [0.4, 0.5) is 0 Å². The number of rotatable bonds is 4. The highest BCUT2D eigenvalue weighted by atomic mass is 32.1. The molecule has 2 atom stereocenters. The van der Waals surface area contributed by atoms with Gasteiger partial charge in [0.25, 0.3) is 0 Å². The van der Waals surface area contributed by atoms with Gasteiger partial charge in [0.2, 0.25) is 0 Å². The van der Waals surface area contributed by atoms with E-state index in [1.165, 1.54) is 18.7 Å². The van der Waals surface area contributed by atoms with Gasteiger partial charge in [-0.15, -0.1) is 0 Å². The van der Waals surface area contributed by atoms with E-state index in [0.717, 1.165) is 19.6 Å². The first-order valence-electron chi connectivity index (χ1n) is 6.46. The second kappa shape index (κ2) is 5.96. The normalized spacial score (nSPS) is 22.5. The lowest BCUT2D eigenvalue weighted by Crippen LogP contribution is -2.50.